The molecule has 20 heavy (non-hydrogen) atoms. The molecule has 0 spiro atoms. The molecule has 1 aromatic heterocycles. The fourth-order valence-corrected chi connectivity index (χ4v) is 1.18. The van der Waals surface area contributed by atoms with Gasteiger partial charge in [-0.05, 0) is 27.2 Å². The monoisotopic (exact) mass is 284 g/mol. The average molecular weight is 284 g/mol. The van der Waals surface area contributed by atoms with Gasteiger partial charge in [0.1, 0.15) is 6.61 Å². The van der Waals surface area contributed by atoms with E-state index in [2.05, 4.69) is 20.5 Å². The number of methoxy groups -OCH3 is 1. The van der Waals surface area contributed by atoms with Gasteiger partial charge in [0.25, 0.3) is 0 Å². The molecule has 6 nitrogen and oxygen atoms in total. The topological polar surface area (TPSA) is 58.6 Å². The molecule has 0 unspecified atom stereocenters. The van der Waals surface area contributed by atoms with E-state index >= 15 is 0 Å². The van der Waals surface area contributed by atoms with E-state index in [1.54, 1.807) is 13.3 Å². The van der Waals surface area contributed by atoms with E-state index in [0.717, 1.165) is 25.4 Å². The molecule has 0 saturated heterocycles. The van der Waals surface area contributed by atoms with Crippen LogP contribution in [0.2, 0.25) is 0 Å². The summed E-state index contributed by atoms with van der Waals surface area (Å²) in [6, 6.07) is 3.79. The van der Waals surface area contributed by atoms with Gasteiger partial charge in [0.15, 0.2) is 0 Å². The lowest BCUT2D eigenvalue weighted by molar-refractivity contribution is 0.201. The van der Waals surface area contributed by atoms with E-state index in [9.17, 15) is 0 Å². The van der Waals surface area contributed by atoms with Crippen LogP contribution in [0.3, 0.4) is 0 Å². The molecule has 0 saturated carbocycles. The van der Waals surface area contributed by atoms with Crippen molar-refractivity contribution in [2.24, 2.45) is 0 Å². The van der Waals surface area contributed by atoms with Crippen molar-refractivity contribution in [2.75, 3.05) is 66.9 Å². The number of rotatable bonds is 8. The second-order valence-corrected chi connectivity index (χ2v) is 4.38. The summed E-state index contributed by atoms with van der Waals surface area (Å²) in [5, 5.41) is 5.98. The quantitative estimate of drug-likeness (QED) is 0.692. The van der Waals surface area contributed by atoms with Gasteiger partial charge in [-0.15, -0.1) is 0 Å². The lowest BCUT2D eigenvalue weighted by Crippen LogP contribution is -2.19. The molecule has 0 fully saturated rings. The summed E-state index contributed by atoms with van der Waals surface area (Å²) in [7, 11) is 9.50. The lowest BCUT2D eigenvalue weighted by atomic mass is 10.4. The van der Waals surface area contributed by atoms with Gasteiger partial charge in [0.05, 0.1) is 6.61 Å². The zero-order valence-corrected chi connectivity index (χ0v) is 13.3. The van der Waals surface area contributed by atoms with E-state index in [0.29, 0.717) is 12.5 Å². The number of nitrogens with zero attached hydrogens (tertiary/aromatic N) is 2. The Morgan fingerprint density at radius 1 is 1.25 bits per heavy atom. The van der Waals surface area contributed by atoms with Gasteiger partial charge in [-0.1, -0.05) is 0 Å². The fourth-order valence-electron chi connectivity index (χ4n) is 1.18. The van der Waals surface area contributed by atoms with E-state index < -0.39 is 0 Å². The molecule has 1 aromatic rings. The van der Waals surface area contributed by atoms with Crippen LogP contribution >= 0.6 is 0 Å². The molecule has 0 aromatic carbocycles. The normalized spacial score (nSPS) is 9.90. The number of aromatic nitrogens is 1. The van der Waals surface area contributed by atoms with Crippen LogP contribution in [0.25, 0.3) is 0 Å². The first-order valence-corrected chi connectivity index (χ1v) is 6.69. The second kappa shape index (κ2) is 12.7. The summed E-state index contributed by atoms with van der Waals surface area (Å²) >= 11 is 0. The van der Waals surface area contributed by atoms with Gasteiger partial charge in [0, 0.05) is 45.2 Å². The van der Waals surface area contributed by atoms with Crippen LogP contribution < -0.4 is 15.4 Å². The van der Waals surface area contributed by atoms with Crippen molar-refractivity contribution in [3.05, 3.63) is 18.3 Å². The molecule has 0 aliphatic carbocycles. The summed E-state index contributed by atoms with van der Waals surface area (Å²) in [5.41, 5.74) is 1.01. The summed E-state index contributed by atoms with van der Waals surface area (Å²) in [5.74, 6) is 0.665. The van der Waals surface area contributed by atoms with Gasteiger partial charge < -0.3 is 25.0 Å². The third-order valence-electron chi connectivity index (χ3n) is 2.37. The average Bonchev–Trinajstić information content (AvgIpc) is 2.45. The molecule has 0 aliphatic heterocycles. The van der Waals surface area contributed by atoms with Crippen molar-refractivity contribution >= 4 is 5.69 Å². The maximum absolute atomic E-state index is 5.47. The molecule has 0 bridgehead atoms. The van der Waals surface area contributed by atoms with Gasteiger partial charge in [-0.3, -0.25) is 0 Å². The molecular formula is C14H28N4O2. The molecule has 1 heterocycles. The molecular weight excluding hydrogens is 256 g/mol. The zero-order valence-electron chi connectivity index (χ0n) is 13.3. The number of nitrogens with one attached hydrogen (secondary N) is 2. The Balaban J connectivity index is 0.000000511. The van der Waals surface area contributed by atoms with Crippen molar-refractivity contribution in [3.8, 4) is 5.88 Å². The summed E-state index contributed by atoms with van der Waals surface area (Å²) in [4.78, 5) is 6.17. The molecule has 2 N–H and O–H groups in total. The first kappa shape index (κ1) is 18.6. The van der Waals surface area contributed by atoms with Crippen LogP contribution in [-0.2, 0) is 4.74 Å². The number of pyridine rings is 1. The maximum atomic E-state index is 5.47. The summed E-state index contributed by atoms with van der Waals surface area (Å²) in [6.45, 7) is 3.30. The minimum Gasteiger partial charge on any atom is -0.476 e. The number of anilines is 1. The SMILES string of the molecule is CNCCOC.CNc1ccnc(OCCN(C)C)c1. The first-order chi connectivity index (χ1) is 9.63. The van der Waals surface area contributed by atoms with Crippen molar-refractivity contribution < 1.29 is 9.47 Å². The Hall–Kier alpha value is -1.37. The van der Waals surface area contributed by atoms with Gasteiger partial charge in [-0.25, -0.2) is 4.98 Å². The smallest absolute Gasteiger partial charge is 0.215 e. The number of likely N-dealkylation sites (N-methyl/N-ethyl adjacent to an activating group) is 2. The van der Waals surface area contributed by atoms with Gasteiger partial charge >= 0.3 is 0 Å². The largest absolute Gasteiger partial charge is 0.476 e. The minimum atomic E-state index is 0.660. The van der Waals surface area contributed by atoms with Crippen LogP contribution in [-0.4, -0.2) is 71.5 Å². The third-order valence-corrected chi connectivity index (χ3v) is 2.37. The van der Waals surface area contributed by atoms with E-state index in [1.807, 2.05) is 40.3 Å². The Bertz CT molecular complexity index is 331. The van der Waals surface area contributed by atoms with Gasteiger partial charge in [0.2, 0.25) is 5.88 Å². The van der Waals surface area contributed by atoms with Crippen LogP contribution in [0.15, 0.2) is 18.3 Å². The molecule has 0 aliphatic rings. The molecule has 0 atom stereocenters. The molecule has 0 radical (unpaired) electrons. The Labute approximate surface area is 122 Å². The first-order valence-electron chi connectivity index (χ1n) is 6.69. The van der Waals surface area contributed by atoms with Crippen molar-refractivity contribution in [2.45, 2.75) is 0 Å². The molecule has 6 heteroatoms. The van der Waals surface area contributed by atoms with Crippen LogP contribution in [0.1, 0.15) is 0 Å². The fraction of sp³-hybridized carbons (Fsp3) is 0.643. The predicted octanol–water partition coefficient (Wildman–Crippen LogP) is 0.916. The van der Waals surface area contributed by atoms with E-state index in [-0.39, 0.29) is 0 Å². The third kappa shape index (κ3) is 10.5. The highest BCUT2D eigenvalue weighted by molar-refractivity contribution is 5.44. The zero-order chi connectivity index (χ0) is 15.2. The van der Waals surface area contributed by atoms with Crippen LogP contribution in [0.4, 0.5) is 5.69 Å². The van der Waals surface area contributed by atoms with Crippen molar-refractivity contribution in [3.63, 3.8) is 0 Å². The number of hydrogen-bond acceptors (Lipinski definition) is 6. The van der Waals surface area contributed by atoms with E-state index in [1.165, 1.54) is 0 Å². The van der Waals surface area contributed by atoms with Crippen molar-refractivity contribution in [1.82, 2.24) is 15.2 Å². The van der Waals surface area contributed by atoms with Crippen molar-refractivity contribution in [1.29, 1.82) is 0 Å². The Morgan fingerprint density at radius 3 is 2.50 bits per heavy atom. The van der Waals surface area contributed by atoms with Crippen LogP contribution in [0, 0.1) is 0 Å². The summed E-state index contributed by atoms with van der Waals surface area (Å²) in [6.07, 6.45) is 1.73. The predicted molar refractivity (Wildman–Crippen MR) is 83.6 cm³/mol. The highest BCUT2D eigenvalue weighted by Crippen LogP contribution is 2.12. The Kier molecular flexibility index (Phi) is 11.8. The molecule has 116 valence electrons. The maximum Gasteiger partial charge on any atom is 0.215 e. The number of ether oxygens (including phenoxy) is 2. The lowest BCUT2D eigenvalue weighted by Gasteiger charge is -2.10. The van der Waals surface area contributed by atoms with Gasteiger partial charge in [-0.2, -0.15) is 0 Å². The van der Waals surface area contributed by atoms with E-state index in [4.69, 9.17) is 9.47 Å². The second-order valence-electron chi connectivity index (χ2n) is 4.38. The van der Waals surface area contributed by atoms with Crippen LogP contribution in [0.5, 0.6) is 5.88 Å². The number of hydrogen-bond donors (Lipinski definition) is 2. The molecule has 1 rings (SSSR count). The summed E-state index contributed by atoms with van der Waals surface area (Å²) < 4.78 is 10.2. The standard InChI is InChI=1S/C10H17N3O.C4H11NO/c1-11-9-4-5-12-10(8-9)14-7-6-13(2)3;1-5-3-4-6-2/h4-5,8H,6-7H2,1-3H3,(H,11,12);5H,3-4H2,1-2H3. The highest BCUT2D eigenvalue weighted by Gasteiger charge is 1.97. The Morgan fingerprint density at radius 2 is 2.00 bits per heavy atom. The molecule has 0 amide bonds. The minimum absolute atomic E-state index is 0.660. The highest BCUT2D eigenvalue weighted by atomic mass is 16.5.